The summed E-state index contributed by atoms with van der Waals surface area (Å²) in [5.41, 5.74) is 4.09. The Morgan fingerprint density at radius 2 is 1.74 bits per heavy atom. The third-order valence-electron chi connectivity index (χ3n) is 8.83. The molecule has 216 valence electrons. The number of rotatable bonds is 7. The summed E-state index contributed by atoms with van der Waals surface area (Å²) in [4.78, 5) is 30.0. The minimum Gasteiger partial charge on any atom is -0.468 e. The number of hydrogen-bond acceptors (Lipinski definition) is 7. The van der Waals surface area contributed by atoms with E-state index in [1.807, 2.05) is 30.3 Å². The number of anilines is 1. The van der Waals surface area contributed by atoms with Gasteiger partial charge in [-0.15, -0.1) is 0 Å². The number of ether oxygens (including phenoxy) is 2. The van der Waals surface area contributed by atoms with Gasteiger partial charge in [0, 0.05) is 17.3 Å². The van der Waals surface area contributed by atoms with Gasteiger partial charge in [0.2, 0.25) is 5.76 Å². The van der Waals surface area contributed by atoms with Gasteiger partial charge in [-0.2, -0.15) is 0 Å². The summed E-state index contributed by atoms with van der Waals surface area (Å²) in [5.74, 6) is -0.331. The molecule has 6 rings (SSSR count). The summed E-state index contributed by atoms with van der Waals surface area (Å²) < 4.78 is 30.2. The molecular formula is C33H32FN3O5. The van der Waals surface area contributed by atoms with Gasteiger partial charge in [0.15, 0.2) is 0 Å². The Balaban J connectivity index is 1.16. The molecule has 2 aliphatic carbocycles. The Hall–Kier alpha value is -4.53. The van der Waals surface area contributed by atoms with Crippen molar-refractivity contribution in [1.82, 2.24) is 10.1 Å². The van der Waals surface area contributed by atoms with E-state index in [0.29, 0.717) is 22.5 Å². The maximum atomic E-state index is 14.1. The first-order chi connectivity index (χ1) is 20.2. The maximum absolute atomic E-state index is 14.1. The lowest BCUT2D eigenvalue weighted by molar-refractivity contribution is -0.163. The van der Waals surface area contributed by atoms with Crippen molar-refractivity contribution in [3.05, 3.63) is 89.5 Å². The number of hydrogen-bond donors (Lipinski definition) is 1. The molecule has 2 aliphatic rings. The van der Waals surface area contributed by atoms with Gasteiger partial charge in [0.25, 0.3) is 0 Å². The van der Waals surface area contributed by atoms with Gasteiger partial charge in [0.05, 0.1) is 12.5 Å². The smallest absolute Gasteiger partial charge is 0.412 e. The van der Waals surface area contributed by atoms with Gasteiger partial charge in [-0.05, 0) is 68.2 Å². The van der Waals surface area contributed by atoms with Gasteiger partial charge >= 0.3 is 12.1 Å². The molecule has 9 heteroatoms. The second kappa shape index (κ2) is 10.7. The molecule has 4 aromatic rings. The summed E-state index contributed by atoms with van der Waals surface area (Å²) >= 11 is 0. The Morgan fingerprint density at radius 3 is 2.36 bits per heavy atom. The Kier molecular flexibility index (Phi) is 7.04. The van der Waals surface area contributed by atoms with Crippen LogP contribution in [0.25, 0.3) is 22.6 Å². The molecule has 0 aliphatic heterocycles. The summed E-state index contributed by atoms with van der Waals surface area (Å²) in [6, 6.07) is 17.9. The molecule has 2 saturated carbocycles. The standard InChI is InChI=1S/C33H32FN3O5/c1-20-28(36-31(39)41-21(2)25-7-4-5-8-26(25)34)29(42-37-20)27-14-11-23(17-35-27)22-9-12-24(13-10-22)33(30(38)40-3)18-32(19-33)15-6-16-32/h4-5,7-14,17,21H,6,15-16,18-19H2,1-3H3,(H,36,39). The number of nitrogens with zero attached hydrogens (tertiary/aromatic N) is 2. The molecule has 42 heavy (non-hydrogen) atoms. The molecule has 0 saturated heterocycles. The van der Waals surface area contributed by atoms with Crippen molar-refractivity contribution >= 4 is 17.7 Å². The van der Waals surface area contributed by atoms with Crippen LogP contribution in [0.15, 0.2) is 71.4 Å². The van der Waals surface area contributed by atoms with Crippen molar-refractivity contribution < 1.29 is 28.0 Å². The van der Waals surface area contributed by atoms with Crippen LogP contribution < -0.4 is 5.32 Å². The largest absolute Gasteiger partial charge is 0.468 e. The van der Waals surface area contributed by atoms with E-state index < -0.39 is 23.4 Å². The van der Waals surface area contributed by atoms with Gasteiger partial charge in [-0.25, -0.2) is 9.18 Å². The Labute approximate surface area is 243 Å². The Bertz CT molecular complexity index is 1620. The number of pyridine rings is 1. The van der Waals surface area contributed by atoms with E-state index in [1.165, 1.54) is 32.4 Å². The van der Waals surface area contributed by atoms with E-state index in [0.717, 1.165) is 29.5 Å². The highest BCUT2D eigenvalue weighted by molar-refractivity contribution is 5.90. The number of aromatic nitrogens is 2. The van der Waals surface area contributed by atoms with Crippen molar-refractivity contribution in [3.8, 4) is 22.6 Å². The molecule has 2 aromatic carbocycles. The van der Waals surface area contributed by atoms with E-state index in [1.54, 1.807) is 44.3 Å². The van der Waals surface area contributed by atoms with Crippen molar-refractivity contribution in [2.24, 2.45) is 5.41 Å². The number of amides is 1. The van der Waals surface area contributed by atoms with E-state index >= 15 is 0 Å². The molecule has 0 bridgehead atoms. The quantitative estimate of drug-likeness (QED) is 0.229. The first-order valence-electron chi connectivity index (χ1n) is 14.1. The normalized spacial score (nSPS) is 17.0. The SMILES string of the molecule is COC(=O)C1(c2ccc(-c3ccc(-c4onc(C)c4NC(=O)OC(C)c4ccccc4F)nc3)cc2)CC2(CCC2)C1. The third-order valence-corrected chi connectivity index (χ3v) is 8.83. The fourth-order valence-corrected chi connectivity index (χ4v) is 6.45. The monoisotopic (exact) mass is 569 g/mol. The zero-order valence-electron chi connectivity index (χ0n) is 23.8. The van der Waals surface area contributed by atoms with Crippen LogP contribution in [-0.4, -0.2) is 29.3 Å². The van der Waals surface area contributed by atoms with Crippen molar-refractivity contribution in [2.75, 3.05) is 12.4 Å². The van der Waals surface area contributed by atoms with E-state index in [2.05, 4.69) is 15.5 Å². The van der Waals surface area contributed by atoms with E-state index in [-0.39, 0.29) is 17.3 Å². The molecule has 2 aromatic heterocycles. The highest BCUT2D eigenvalue weighted by Gasteiger charge is 2.62. The highest BCUT2D eigenvalue weighted by atomic mass is 19.1. The zero-order valence-corrected chi connectivity index (χ0v) is 23.8. The molecule has 1 amide bonds. The molecule has 1 atom stereocenters. The molecule has 1 N–H and O–H groups in total. The topological polar surface area (TPSA) is 104 Å². The minimum absolute atomic E-state index is 0.156. The number of benzene rings is 2. The number of carbonyl (C=O) groups excluding carboxylic acids is 2. The predicted molar refractivity (Wildman–Crippen MR) is 154 cm³/mol. The number of esters is 1. The van der Waals surface area contributed by atoms with Crippen molar-refractivity contribution in [2.45, 2.75) is 57.5 Å². The number of halogens is 1. The van der Waals surface area contributed by atoms with Crippen molar-refractivity contribution in [3.63, 3.8) is 0 Å². The maximum Gasteiger partial charge on any atom is 0.412 e. The van der Waals surface area contributed by atoms with E-state index in [4.69, 9.17) is 14.0 Å². The second-order valence-corrected chi connectivity index (χ2v) is 11.5. The van der Waals surface area contributed by atoms with Crippen LogP contribution in [0.5, 0.6) is 0 Å². The van der Waals surface area contributed by atoms with Gasteiger partial charge in [-0.3, -0.25) is 15.1 Å². The first kappa shape index (κ1) is 27.6. The van der Waals surface area contributed by atoms with Crippen LogP contribution in [0.3, 0.4) is 0 Å². The fourth-order valence-electron chi connectivity index (χ4n) is 6.45. The summed E-state index contributed by atoms with van der Waals surface area (Å²) in [6.07, 6.45) is 5.47. The van der Waals surface area contributed by atoms with Gasteiger partial charge in [-0.1, -0.05) is 60.1 Å². The number of aryl methyl sites for hydroxylation is 1. The highest BCUT2D eigenvalue weighted by Crippen LogP contribution is 2.65. The fraction of sp³-hybridized carbons (Fsp3) is 0.333. The molecule has 8 nitrogen and oxygen atoms in total. The third kappa shape index (κ3) is 4.82. The molecule has 1 unspecified atom stereocenters. The lowest BCUT2D eigenvalue weighted by Crippen LogP contribution is -2.57. The summed E-state index contributed by atoms with van der Waals surface area (Å²) in [7, 11) is 1.46. The zero-order chi connectivity index (χ0) is 29.5. The average Bonchev–Trinajstić information content (AvgIpc) is 3.31. The second-order valence-electron chi connectivity index (χ2n) is 11.5. The molecule has 2 fully saturated rings. The number of methoxy groups -OCH3 is 1. The van der Waals surface area contributed by atoms with Crippen LogP contribution >= 0.6 is 0 Å². The van der Waals surface area contributed by atoms with E-state index in [9.17, 15) is 14.0 Å². The number of carbonyl (C=O) groups is 2. The molecule has 2 heterocycles. The average molecular weight is 570 g/mol. The predicted octanol–water partition coefficient (Wildman–Crippen LogP) is 7.54. The summed E-state index contributed by atoms with van der Waals surface area (Å²) in [6.45, 7) is 3.29. The molecule has 0 radical (unpaired) electrons. The first-order valence-corrected chi connectivity index (χ1v) is 14.1. The van der Waals surface area contributed by atoms with Crippen LogP contribution in [0.2, 0.25) is 0 Å². The van der Waals surface area contributed by atoms with Gasteiger partial charge < -0.3 is 14.0 Å². The lowest BCUT2D eigenvalue weighted by Gasteiger charge is -2.59. The van der Waals surface area contributed by atoms with Crippen LogP contribution in [0, 0.1) is 18.2 Å². The lowest BCUT2D eigenvalue weighted by atomic mass is 9.43. The van der Waals surface area contributed by atoms with Crippen LogP contribution in [-0.2, 0) is 19.7 Å². The molecule has 1 spiro atoms. The van der Waals surface area contributed by atoms with Gasteiger partial charge in [0.1, 0.15) is 29.0 Å². The van der Waals surface area contributed by atoms with Crippen molar-refractivity contribution in [1.29, 1.82) is 0 Å². The Morgan fingerprint density at radius 1 is 1.02 bits per heavy atom. The molecular weight excluding hydrogens is 537 g/mol. The van der Waals surface area contributed by atoms with Crippen LogP contribution in [0.4, 0.5) is 14.9 Å². The number of nitrogens with one attached hydrogen (secondary N) is 1. The van der Waals surface area contributed by atoms with Crippen LogP contribution in [0.1, 0.15) is 62.0 Å². The minimum atomic E-state index is -0.801. The summed E-state index contributed by atoms with van der Waals surface area (Å²) in [5, 5.41) is 6.65.